The molecule has 1 saturated carbocycles. The van der Waals surface area contributed by atoms with Gasteiger partial charge in [0.05, 0.1) is 7.11 Å². The van der Waals surface area contributed by atoms with Crippen molar-refractivity contribution < 1.29 is 4.74 Å². The number of aromatic nitrogens is 2. The number of fused-ring (bicyclic) bond motifs is 1. The Labute approximate surface area is 163 Å². The van der Waals surface area contributed by atoms with Crippen LogP contribution in [0.15, 0.2) is 42.6 Å². The SMILES string of the molecule is COc1ccc(-c2ccc(CN3CCc4nc(C5CC5)ncc4C3)s2)cc1. The standard InChI is InChI=1S/C22H23N3OS/c1-26-18-6-4-15(5-7-18)21-9-8-19(27-21)14-25-11-10-20-17(13-25)12-23-22(24-20)16-2-3-16/h4-9,12,16H,2-3,10-11,13-14H2,1H3. The van der Waals surface area contributed by atoms with E-state index in [-0.39, 0.29) is 0 Å². The Morgan fingerprint density at radius 3 is 2.78 bits per heavy atom. The second kappa shape index (κ2) is 7.06. The van der Waals surface area contributed by atoms with Crippen LogP contribution >= 0.6 is 11.3 Å². The van der Waals surface area contributed by atoms with Crippen molar-refractivity contribution in [2.24, 2.45) is 0 Å². The maximum absolute atomic E-state index is 5.25. The first-order chi connectivity index (χ1) is 13.3. The van der Waals surface area contributed by atoms with Gasteiger partial charge < -0.3 is 4.74 Å². The minimum absolute atomic E-state index is 0.635. The van der Waals surface area contributed by atoms with Gasteiger partial charge in [-0.2, -0.15) is 0 Å². The van der Waals surface area contributed by atoms with E-state index in [4.69, 9.17) is 9.72 Å². The van der Waals surface area contributed by atoms with Crippen molar-refractivity contribution in [3.05, 3.63) is 64.6 Å². The normalized spacial score (nSPS) is 16.9. The third kappa shape index (κ3) is 3.62. The lowest BCUT2D eigenvalue weighted by atomic mass is 10.1. The van der Waals surface area contributed by atoms with Gasteiger partial charge in [-0.05, 0) is 54.8 Å². The minimum atomic E-state index is 0.635. The van der Waals surface area contributed by atoms with Crippen molar-refractivity contribution >= 4 is 11.3 Å². The van der Waals surface area contributed by atoms with Gasteiger partial charge in [-0.1, -0.05) is 0 Å². The molecule has 3 heterocycles. The molecule has 5 heteroatoms. The Morgan fingerprint density at radius 2 is 2.00 bits per heavy atom. The first-order valence-electron chi connectivity index (χ1n) is 9.58. The fourth-order valence-electron chi connectivity index (χ4n) is 3.66. The highest BCUT2D eigenvalue weighted by Crippen LogP contribution is 2.38. The van der Waals surface area contributed by atoms with Crippen LogP contribution < -0.4 is 4.74 Å². The van der Waals surface area contributed by atoms with Crippen LogP contribution in [0.5, 0.6) is 5.75 Å². The van der Waals surface area contributed by atoms with Crippen molar-refractivity contribution in [1.82, 2.24) is 14.9 Å². The highest BCUT2D eigenvalue weighted by molar-refractivity contribution is 7.15. The maximum Gasteiger partial charge on any atom is 0.131 e. The number of hydrogen-bond donors (Lipinski definition) is 0. The van der Waals surface area contributed by atoms with Gasteiger partial charge in [-0.25, -0.2) is 9.97 Å². The molecule has 0 radical (unpaired) electrons. The number of hydrogen-bond acceptors (Lipinski definition) is 5. The van der Waals surface area contributed by atoms with Crippen molar-refractivity contribution in [3.63, 3.8) is 0 Å². The first kappa shape index (κ1) is 16.9. The number of ether oxygens (including phenoxy) is 1. The summed E-state index contributed by atoms with van der Waals surface area (Å²) in [6.45, 7) is 3.02. The summed E-state index contributed by atoms with van der Waals surface area (Å²) in [6, 6.07) is 12.8. The molecular weight excluding hydrogens is 354 g/mol. The van der Waals surface area contributed by atoms with E-state index in [1.807, 2.05) is 23.5 Å². The molecule has 2 aromatic heterocycles. The number of benzene rings is 1. The van der Waals surface area contributed by atoms with Gasteiger partial charge in [0.15, 0.2) is 0 Å². The quantitative estimate of drug-likeness (QED) is 0.649. The van der Waals surface area contributed by atoms with Crippen molar-refractivity contribution in [2.45, 2.75) is 38.3 Å². The molecule has 1 fully saturated rings. The lowest BCUT2D eigenvalue weighted by Crippen LogP contribution is -2.30. The molecule has 0 unspecified atom stereocenters. The van der Waals surface area contributed by atoms with Gasteiger partial charge in [0.2, 0.25) is 0 Å². The van der Waals surface area contributed by atoms with E-state index in [0.29, 0.717) is 5.92 Å². The molecule has 0 atom stereocenters. The summed E-state index contributed by atoms with van der Waals surface area (Å²) >= 11 is 1.88. The van der Waals surface area contributed by atoms with Crippen LogP contribution in [0.4, 0.5) is 0 Å². The molecule has 27 heavy (non-hydrogen) atoms. The zero-order chi connectivity index (χ0) is 18.2. The predicted octanol–water partition coefficient (Wildman–Crippen LogP) is 4.65. The number of rotatable bonds is 5. The molecule has 4 nitrogen and oxygen atoms in total. The van der Waals surface area contributed by atoms with Crippen LogP contribution in [0, 0.1) is 0 Å². The van der Waals surface area contributed by atoms with Gasteiger partial charge in [-0.15, -0.1) is 11.3 Å². The molecule has 1 aliphatic heterocycles. The Hall–Kier alpha value is -2.24. The number of thiophene rings is 1. The van der Waals surface area contributed by atoms with E-state index in [0.717, 1.165) is 37.6 Å². The van der Waals surface area contributed by atoms with Crippen LogP contribution in [0.25, 0.3) is 10.4 Å². The number of nitrogens with zero attached hydrogens (tertiary/aromatic N) is 3. The molecule has 3 aromatic rings. The van der Waals surface area contributed by atoms with E-state index in [1.165, 1.54) is 39.4 Å². The Bertz CT molecular complexity index is 946. The third-order valence-electron chi connectivity index (χ3n) is 5.39. The summed E-state index contributed by atoms with van der Waals surface area (Å²) in [5.74, 6) is 2.61. The average Bonchev–Trinajstić information content (AvgIpc) is 3.47. The smallest absolute Gasteiger partial charge is 0.131 e. The van der Waals surface area contributed by atoms with Crippen LogP contribution in [-0.4, -0.2) is 28.5 Å². The van der Waals surface area contributed by atoms with E-state index in [9.17, 15) is 0 Å². The van der Waals surface area contributed by atoms with Crippen molar-refractivity contribution in [1.29, 1.82) is 0 Å². The van der Waals surface area contributed by atoms with Crippen LogP contribution in [-0.2, 0) is 19.5 Å². The third-order valence-corrected chi connectivity index (χ3v) is 6.51. The fourth-order valence-corrected chi connectivity index (χ4v) is 4.71. The van der Waals surface area contributed by atoms with Crippen LogP contribution in [0.1, 0.15) is 40.7 Å². The lowest BCUT2D eigenvalue weighted by Gasteiger charge is -2.27. The zero-order valence-corrected chi connectivity index (χ0v) is 16.3. The Kier molecular flexibility index (Phi) is 4.42. The van der Waals surface area contributed by atoms with E-state index >= 15 is 0 Å². The molecule has 138 valence electrons. The predicted molar refractivity (Wildman–Crippen MR) is 108 cm³/mol. The van der Waals surface area contributed by atoms with Crippen molar-refractivity contribution in [2.75, 3.05) is 13.7 Å². The Morgan fingerprint density at radius 1 is 1.15 bits per heavy atom. The molecule has 1 aromatic carbocycles. The largest absolute Gasteiger partial charge is 0.497 e. The highest BCUT2D eigenvalue weighted by Gasteiger charge is 2.28. The van der Waals surface area contributed by atoms with Gasteiger partial charge in [-0.3, -0.25) is 4.90 Å². The van der Waals surface area contributed by atoms with E-state index < -0.39 is 0 Å². The van der Waals surface area contributed by atoms with Gasteiger partial charge in [0.25, 0.3) is 0 Å². The van der Waals surface area contributed by atoms with E-state index in [2.05, 4.69) is 40.3 Å². The first-order valence-corrected chi connectivity index (χ1v) is 10.4. The molecule has 0 N–H and O–H groups in total. The van der Waals surface area contributed by atoms with Gasteiger partial charge in [0.1, 0.15) is 11.6 Å². The molecule has 2 aliphatic rings. The second-order valence-corrected chi connectivity index (χ2v) is 8.60. The molecule has 0 bridgehead atoms. The van der Waals surface area contributed by atoms with Gasteiger partial charge >= 0.3 is 0 Å². The summed E-state index contributed by atoms with van der Waals surface area (Å²) in [7, 11) is 1.70. The topological polar surface area (TPSA) is 38.2 Å². The number of methoxy groups -OCH3 is 1. The fraction of sp³-hybridized carbons (Fsp3) is 0.364. The molecule has 0 amide bonds. The summed E-state index contributed by atoms with van der Waals surface area (Å²) in [5.41, 5.74) is 3.82. The second-order valence-electron chi connectivity index (χ2n) is 7.43. The minimum Gasteiger partial charge on any atom is -0.497 e. The Balaban J connectivity index is 1.26. The molecule has 0 spiro atoms. The zero-order valence-electron chi connectivity index (χ0n) is 15.5. The van der Waals surface area contributed by atoms with Crippen molar-refractivity contribution in [3.8, 4) is 16.2 Å². The summed E-state index contributed by atoms with van der Waals surface area (Å²) < 4.78 is 5.25. The summed E-state index contributed by atoms with van der Waals surface area (Å²) in [4.78, 5) is 14.7. The average molecular weight is 378 g/mol. The maximum atomic E-state index is 5.25. The summed E-state index contributed by atoms with van der Waals surface area (Å²) in [6.07, 6.45) is 5.63. The van der Waals surface area contributed by atoms with Crippen LogP contribution in [0.2, 0.25) is 0 Å². The van der Waals surface area contributed by atoms with E-state index in [1.54, 1.807) is 7.11 Å². The summed E-state index contributed by atoms with van der Waals surface area (Å²) in [5, 5.41) is 0. The lowest BCUT2D eigenvalue weighted by molar-refractivity contribution is 0.244. The monoisotopic (exact) mass is 377 g/mol. The molecule has 0 saturated heterocycles. The van der Waals surface area contributed by atoms with Gasteiger partial charge in [0, 0.05) is 59.2 Å². The highest BCUT2D eigenvalue weighted by atomic mass is 32.1. The molecular formula is C22H23N3OS. The van der Waals surface area contributed by atoms with Crippen LogP contribution in [0.3, 0.4) is 0 Å². The molecule has 1 aliphatic carbocycles. The molecule has 5 rings (SSSR count).